The molecular weight excluding hydrogens is 192 g/mol. The van der Waals surface area contributed by atoms with E-state index in [1.807, 2.05) is 4.90 Å². The molecule has 1 aliphatic heterocycles. The summed E-state index contributed by atoms with van der Waals surface area (Å²) in [5, 5.41) is 0. The Morgan fingerprint density at radius 1 is 1.60 bits per heavy atom. The van der Waals surface area contributed by atoms with Crippen LogP contribution in [0.25, 0.3) is 0 Å². The van der Waals surface area contributed by atoms with Gasteiger partial charge in [0.25, 0.3) is 5.91 Å². The largest absolute Gasteiger partial charge is 0.365 e. The molecular formula is C10H14N4O. The second-order valence-corrected chi connectivity index (χ2v) is 3.75. The predicted molar refractivity (Wildman–Crippen MR) is 57.5 cm³/mol. The fraction of sp³-hybridized carbons (Fsp3) is 0.400. The summed E-state index contributed by atoms with van der Waals surface area (Å²) in [5.74, 6) is 0.747. The molecule has 1 aromatic heterocycles. The SMILES string of the molecule is NCC1CN(c2ncccc2C(N)=O)C1. The number of hydrogen-bond acceptors (Lipinski definition) is 4. The standard InChI is InChI=1S/C10H14N4O/c11-4-7-5-14(6-7)10-8(9(12)15)2-1-3-13-10/h1-3,7H,4-6,11H2,(H2,12,15). The van der Waals surface area contributed by atoms with E-state index in [2.05, 4.69) is 4.98 Å². The van der Waals surface area contributed by atoms with E-state index in [0.717, 1.165) is 13.1 Å². The van der Waals surface area contributed by atoms with Crippen LogP contribution in [-0.4, -0.2) is 30.5 Å². The summed E-state index contributed by atoms with van der Waals surface area (Å²) in [6.07, 6.45) is 1.66. The molecule has 5 heteroatoms. The van der Waals surface area contributed by atoms with Gasteiger partial charge in [0.2, 0.25) is 0 Å². The number of rotatable bonds is 3. The molecule has 1 fully saturated rings. The highest BCUT2D eigenvalue weighted by Crippen LogP contribution is 2.24. The lowest BCUT2D eigenvalue weighted by Crippen LogP contribution is -2.50. The third kappa shape index (κ3) is 1.78. The highest BCUT2D eigenvalue weighted by atomic mass is 16.1. The first-order valence-electron chi connectivity index (χ1n) is 4.92. The van der Waals surface area contributed by atoms with Gasteiger partial charge in [-0.25, -0.2) is 4.98 Å². The molecule has 1 aliphatic rings. The lowest BCUT2D eigenvalue weighted by Gasteiger charge is -2.40. The highest BCUT2D eigenvalue weighted by Gasteiger charge is 2.28. The molecule has 2 heterocycles. The van der Waals surface area contributed by atoms with Gasteiger partial charge in [-0.3, -0.25) is 4.79 Å². The van der Waals surface area contributed by atoms with Crippen molar-refractivity contribution in [2.24, 2.45) is 17.4 Å². The highest BCUT2D eigenvalue weighted by molar-refractivity contribution is 5.97. The first-order valence-corrected chi connectivity index (χ1v) is 4.92. The van der Waals surface area contributed by atoms with Crippen molar-refractivity contribution in [1.82, 2.24) is 4.98 Å². The Morgan fingerprint density at radius 3 is 2.93 bits per heavy atom. The van der Waals surface area contributed by atoms with Crippen LogP contribution >= 0.6 is 0 Å². The maximum Gasteiger partial charge on any atom is 0.252 e. The van der Waals surface area contributed by atoms with Gasteiger partial charge < -0.3 is 16.4 Å². The quantitative estimate of drug-likeness (QED) is 0.703. The van der Waals surface area contributed by atoms with Gasteiger partial charge >= 0.3 is 0 Å². The number of carbonyl (C=O) groups excluding carboxylic acids is 1. The maximum atomic E-state index is 11.1. The summed E-state index contributed by atoms with van der Waals surface area (Å²) in [4.78, 5) is 17.3. The molecule has 0 unspecified atom stereocenters. The fourth-order valence-corrected chi connectivity index (χ4v) is 1.73. The Hall–Kier alpha value is -1.62. The summed E-state index contributed by atoms with van der Waals surface area (Å²) < 4.78 is 0. The zero-order chi connectivity index (χ0) is 10.8. The van der Waals surface area contributed by atoms with Crippen LogP contribution in [0, 0.1) is 5.92 Å². The molecule has 5 nitrogen and oxygen atoms in total. The molecule has 0 radical (unpaired) electrons. The van der Waals surface area contributed by atoms with Crippen molar-refractivity contribution in [2.75, 3.05) is 24.5 Å². The average molecular weight is 206 g/mol. The number of nitrogens with two attached hydrogens (primary N) is 2. The normalized spacial score (nSPS) is 16.2. The van der Waals surface area contributed by atoms with Gasteiger partial charge in [-0.15, -0.1) is 0 Å². The number of carbonyl (C=O) groups is 1. The van der Waals surface area contributed by atoms with Crippen LogP contribution in [0.5, 0.6) is 0 Å². The second-order valence-electron chi connectivity index (χ2n) is 3.75. The second kappa shape index (κ2) is 3.86. The van der Waals surface area contributed by atoms with Crippen LogP contribution in [0.15, 0.2) is 18.3 Å². The molecule has 0 bridgehead atoms. The molecule has 15 heavy (non-hydrogen) atoms. The van der Waals surface area contributed by atoms with Gasteiger partial charge in [-0.05, 0) is 18.7 Å². The lowest BCUT2D eigenvalue weighted by molar-refractivity contribution is 0.1000. The number of pyridine rings is 1. The van der Waals surface area contributed by atoms with E-state index in [0.29, 0.717) is 23.8 Å². The van der Waals surface area contributed by atoms with Crippen LogP contribution in [0.2, 0.25) is 0 Å². The minimum Gasteiger partial charge on any atom is -0.365 e. The zero-order valence-corrected chi connectivity index (χ0v) is 8.39. The van der Waals surface area contributed by atoms with E-state index in [4.69, 9.17) is 11.5 Å². The van der Waals surface area contributed by atoms with Gasteiger partial charge in [0, 0.05) is 25.2 Å². The molecule has 0 spiro atoms. The van der Waals surface area contributed by atoms with Crippen LogP contribution < -0.4 is 16.4 Å². The first kappa shape index (κ1) is 9.92. The van der Waals surface area contributed by atoms with E-state index in [1.165, 1.54) is 0 Å². The van der Waals surface area contributed by atoms with E-state index < -0.39 is 5.91 Å². The lowest BCUT2D eigenvalue weighted by atomic mass is 10.00. The van der Waals surface area contributed by atoms with E-state index >= 15 is 0 Å². The number of amides is 1. The Bertz CT molecular complexity index is 373. The Balaban J connectivity index is 2.18. The van der Waals surface area contributed by atoms with Crippen molar-refractivity contribution in [2.45, 2.75) is 0 Å². The summed E-state index contributed by atoms with van der Waals surface area (Å²) in [7, 11) is 0. The number of anilines is 1. The average Bonchev–Trinajstić information content (AvgIpc) is 2.16. The number of aromatic nitrogens is 1. The monoisotopic (exact) mass is 206 g/mol. The minimum absolute atomic E-state index is 0.436. The smallest absolute Gasteiger partial charge is 0.252 e. The van der Waals surface area contributed by atoms with Crippen molar-refractivity contribution in [3.05, 3.63) is 23.9 Å². The minimum atomic E-state index is -0.436. The van der Waals surface area contributed by atoms with Crippen LogP contribution in [0.4, 0.5) is 5.82 Å². The van der Waals surface area contributed by atoms with E-state index in [1.54, 1.807) is 18.3 Å². The van der Waals surface area contributed by atoms with Gasteiger partial charge in [0.1, 0.15) is 5.82 Å². The Labute approximate surface area is 88.1 Å². The van der Waals surface area contributed by atoms with Crippen LogP contribution in [0.3, 0.4) is 0 Å². The fourth-order valence-electron chi connectivity index (χ4n) is 1.73. The van der Waals surface area contributed by atoms with Crippen LogP contribution in [-0.2, 0) is 0 Å². The predicted octanol–water partition coefficient (Wildman–Crippen LogP) is -0.425. The third-order valence-electron chi connectivity index (χ3n) is 2.64. The van der Waals surface area contributed by atoms with Crippen molar-refractivity contribution in [1.29, 1.82) is 0 Å². The number of nitrogens with zero attached hydrogens (tertiary/aromatic N) is 2. The molecule has 2 rings (SSSR count). The molecule has 1 aromatic rings. The van der Waals surface area contributed by atoms with Crippen molar-refractivity contribution in [3.8, 4) is 0 Å². The number of primary amides is 1. The molecule has 0 aliphatic carbocycles. The molecule has 1 amide bonds. The summed E-state index contributed by atoms with van der Waals surface area (Å²) in [6.45, 7) is 2.39. The van der Waals surface area contributed by atoms with E-state index in [9.17, 15) is 4.79 Å². The first-order chi connectivity index (χ1) is 7.22. The summed E-state index contributed by atoms with van der Waals surface area (Å²) >= 11 is 0. The molecule has 0 aromatic carbocycles. The van der Waals surface area contributed by atoms with Crippen LogP contribution in [0.1, 0.15) is 10.4 Å². The molecule has 1 saturated heterocycles. The van der Waals surface area contributed by atoms with Gasteiger partial charge in [0.15, 0.2) is 0 Å². The van der Waals surface area contributed by atoms with Gasteiger partial charge in [-0.2, -0.15) is 0 Å². The molecule has 0 atom stereocenters. The molecule has 80 valence electrons. The van der Waals surface area contributed by atoms with Crippen molar-refractivity contribution >= 4 is 11.7 Å². The zero-order valence-electron chi connectivity index (χ0n) is 8.39. The van der Waals surface area contributed by atoms with Crippen molar-refractivity contribution < 1.29 is 4.79 Å². The Morgan fingerprint density at radius 2 is 2.33 bits per heavy atom. The number of hydrogen-bond donors (Lipinski definition) is 2. The van der Waals surface area contributed by atoms with Gasteiger partial charge in [-0.1, -0.05) is 0 Å². The topological polar surface area (TPSA) is 85.2 Å². The summed E-state index contributed by atoms with van der Waals surface area (Å²) in [5.41, 5.74) is 11.3. The Kier molecular flexibility index (Phi) is 2.55. The third-order valence-corrected chi connectivity index (χ3v) is 2.64. The van der Waals surface area contributed by atoms with Crippen molar-refractivity contribution in [3.63, 3.8) is 0 Å². The molecule has 4 N–H and O–H groups in total. The maximum absolute atomic E-state index is 11.1. The van der Waals surface area contributed by atoms with E-state index in [-0.39, 0.29) is 0 Å². The van der Waals surface area contributed by atoms with Gasteiger partial charge in [0.05, 0.1) is 5.56 Å². The summed E-state index contributed by atoms with van der Waals surface area (Å²) in [6, 6.07) is 3.41. The molecule has 0 saturated carbocycles.